The third kappa shape index (κ3) is 3.41. The number of furan rings is 1. The molecule has 3 aliphatic rings. The number of amides is 2. The molecule has 1 saturated carbocycles. The first-order chi connectivity index (χ1) is 13.9. The Kier molecular flexibility index (Phi) is 4.37. The van der Waals surface area contributed by atoms with Gasteiger partial charge in [0.15, 0.2) is 0 Å². The number of nitrogens with one attached hydrogen (secondary N) is 1. The summed E-state index contributed by atoms with van der Waals surface area (Å²) in [5.74, 6) is 0.0155. The predicted octanol–water partition coefficient (Wildman–Crippen LogP) is 2.73. The lowest BCUT2D eigenvalue weighted by atomic mass is 10.0. The summed E-state index contributed by atoms with van der Waals surface area (Å²) in [6.07, 6.45) is 8.92. The van der Waals surface area contributed by atoms with E-state index in [1.165, 1.54) is 6.08 Å². The van der Waals surface area contributed by atoms with Crippen molar-refractivity contribution in [3.8, 4) is 0 Å². The number of carbonyl (C=O) groups is 2. The van der Waals surface area contributed by atoms with Crippen LogP contribution in [0.15, 0.2) is 33.9 Å². The minimum Gasteiger partial charge on any atom is -0.456 e. The van der Waals surface area contributed by atoms with Crippen molar-refractivity contribution in [2.75, 3.05) is 13.1 Å². The number of carbonyl (C=O) groups excluding carboxylic acids is 2. The number of hydrogen-bond acceptors (Lipinski definition) is 7. The zero-order valence-corrected chi connectivity index (χ0v) is 16.9. The number of rotatable bonds is 4. The number of imide groups is 1. The molecule has 2 amide bonds. The van der Waals surface area contributed by atoms with E-state index in [1.807, 2.05) is 6.08 Å². The highest BCUT2D eigenvalue weighted by Crippen LogP contribution is 2.35. The molecule has 29 heavy (non-hydrogen) atoms. The molecule has 150 valence electrons. The first-order valence-electron chi connectivity index (χ1n) is 9.22. The fraction of sp³-hybridized carbons (Fsp3) is 0.316. The van der Waals surface area contributed by atoms with Crippen LogP contribution in [-0.2, 0) is 14.8 Å². The van der Waals surface area contributed by atoms with Gasteiger partial charge in [-0.25, -0.2) is 8.42 Å². The van der Waals surface area contributed by atoms with Crippen molar-refractivity contribution < 1.29 is 22.4 Å². The fourth-order valence-electron chi connectivity index (χ4n) is 3.54. The lowest BCUT2D eigenvalue weighted by molar-refractivity contribution is -0.115. The molecule has 2 fully saturated rings. The van der Waals surface area contributed by atoms with Gasteiger partial charge in [-0.15, -0.1) is 0 Å². The Hall–Kier alpha value is -2.43. The maximum atomic E-state index is 12.4. The van der Waals surface area contributed by atoms with E-state index in [9.17, 15) is 18.0 Å². The van der Waals surface area contributed by atoms with Gasteiger partial charge in [-0.2, -0.15) is 4.31 Å². The quantitative estimate of drug-likeness (QED) is 0.741. The van der Waals surface area contributed by atoms with Crippen LogP contribution >= 0.6 is 11.8 Å². The van der Waals surface area contributed by atoms with Crippen molar-refractivity contribution in [2.24, 2.45) is 0 Å². The summed E-state index contributed by atoms with van der Waals surface area (Å²) in [5, 5.41) is 2.38. The molecule has 0 unspecified atom stereocenters. The topological polar surface area (TPSA) is 110 Å². The van der Waals surface area contributed by atoms with E-state index in [2.05, 4.69) is 10.3 Å². The molecular weight excluding hydrogens is 414 g/mol. The van der Waals surface area contributed by atoms with Crippen molar-refractivity contribution in [2.45, 2.75) is 24.5 Å². The molecule has 1 saturated heterocycles. The van der Waals surface area contributed by atoms with Gasteiger partial charge in [0.25, 0.3) is 11.1 Å². The van der Waals surface area contributed by atoms with Crippen LogP contribution in [0.1, 0.15) is 30.6 Å². The third-order valence-corrected chi connectivity index (χ3v) is 8.36. The molecule has 2 aromatic heterocycles. The van der Waals surface area contributed by atoms with Crippen molar-refractivity contribution in [3.05, 3.63) is 40.8 Å². The average molecular weight is 431 g/mol. The largest absolute Gasteiger partial charge is 0.456 e. The first-order valence-corrected chi connectivity index (χ1v) is 11.5. The summed E-state index contributed by atoms with van der Waals surface area (Å²) in [6, 6.07) is 1.77. The van der Waals surface area contributed by atoms with Gasteiger partial charge in [0.1, 0.15) is 11.3 Å². The molecule has 2 aromatic rings. The Labute approximate surface area is 171 Å². The van der Waals surface area contributed by atoms with Gasteiger partial charge in [0.05, 0.1) is 10.2 Å². The molecule has 0 radical (unpaired) electrons. The van der Waals surface area contributed by atoms with Crippen LogP contribution in [0.2, 0.25) is 0 Å². The predicted molar refractivity (Wildman–Crippen MR) is 109 cm³/mol. The van der Waals surface area contributed by atoms with E-state index in [4.69, 9.17) is 4.42 Å². The Morgan fingerprint density at radius 1 is 1.28 bits per heavy atom. The van der Waals surface area contributed by atoms with Crippen molar-refractivity contribution in [1.29, 1.82) is 0 Å². The Balaban J connectivity index is 1.45. The Morgan fingerprint density at radius 2 is 2.10 bits per heavy atom. The van der Waals surface area contributed by atoms with Gasteiger partial charge in [-0.3, -0.25) is 19.9 Å². The highest BCUT2D eigenvalue weighted by Gasteiger charge is 2.40. The average Bonchev–Trinajstić information content (AvgIpc) is 3.41. The zero-order chi connectivity index (χ0) is 20.2. The molecule has 1 aliphatic carbocycles. The smallest absolute Gasteiger partial charge is 0.290 e. The number of fused-ring (bicyclic) bond motifs is 1. The van der Waals surface area contributed by atoms with E-state index in [0.717, 1.165) is 41.1 Å². The highest BCUT2D eigenvalue weighted by molar-refractivity contribution is 8.18. The van der Waals surface area contributed by atoms with Crippen LogP contribution < -0.4 is 5.32 Å². The lowest BCUT2D eigenvalue weighted by Crippen LogP contribution is -2.36. The minimum atomic E-state index is -3.18. The van der Waals surface area contributed by atoms with Crippen LogP contribution in [0, 0.1) is 0 Å². The molecule has 10 heteroatoms. The standard InChI is InChI=1S/C19H17N3O5S2/c23-18-16(28-19(24)21-18)8-13-7-12-9-20-10-15(17(12)27-13)11-3-5-22(6-4-11)29(25,26)14-1-2-14/h3,7-10,14H,1-2,4-6H2,(H,21,23,24). The Morgan fingerprint density at radius 3 is 2.76 bits per heavy atom. The number of sulfonamides is 1. The molecule has 2 aliphatic heterocycles. The second-order valence-corrected chi connectivity index (χ2v) is 10.4. The maximum Gasteiger partial charge on any atom is 0.290 e. The van der Waals surface area contributed by atoms with Crippen molar-refractivity contribution in [1.82, 2.24) is 14.6 Å². The maximum absolute atomic E-state index is 12.4. The van der Waals surface area contributed by atoms with Crippen LogP contribution in [0.25, 0.3) is 22.6 Å². The van der Waals surface area contributed by atoms with E-state index < -0.39 is 21.2 Å². The van der Waals surface area contributed by atoms with Crippen LogP contribution in [0.3, 0.4) is 0 Å². The number of pyridine rings is 1. The zero-order valence-electron chi connectivity index (χ0n) is 15.3. The number of nitrogens with zero attached hydrogens (tertiary/aromatic N) is 2. The molecule has 0 aromatic carbocycles. The van der Waals surface area contributed by atoms with Crippen LogP contribution in [-0.4, -0.2) is 47.2 Å². The second kappa shape index (κ2) is 6.82. The van der Waals surface area contributed by atoms with E-state index in [-0.39, 0.29) is 10.2 Å². The van der Waals surface area contributed by atoms with Gasteiger partial charge in [-0.05, 0) is 42.7 Å². The Bertz CT molecular complexity index is 1210. The second-order valence-electron chi connectivity index (χ2n) is 7.19. The van der Waals surface area contributed by atoms with Crippen molar-refractivity contribution >= 4 is 55.5 Å². The molecule has 8 nitrogen and oxygen atoms in total. The molecular formula is C19H17N3O5S2. The van der Waals surface area contributed by atoms with Gasteiger partial charge < -0.3 is 4.42 Å². The number of thioether (sulfide) groups is 1. The summed E-state index contributed by atoms with van der Waals surface area (Å²) in [6.45, 7) is 0.790. The summed E-state index contributed by atoms with van der Waals surface area (Å²) < 4.78 is 32.3. The molecule has 0 spiro atoms. The van der Waals surface area contributed by atoms with Gasteiger partial charge in [0.2, 0.25) is 10.0 Å². The fourth-order valence-corrected chi connectivity index (χ4v) is 5.98. The molecule has 0 atom stereocenters. The molecule has 5 rings (SSSR count). The van der Waals surface area contributed by atoms with Crippen molar-refractivity contribution in [3.63, 3.8) is 0 Å². The van der Waals surface area contributed by atoms with Gasteiger partial charge in [-0.1, -0.05) is 6.08 Å². The van der Waals surface area contributed by atoms with Gasteiger partial charge in [0, 0.05) is 42.5 Å². The number of aromatic nitrogens is 1. The molecule has 0 bridgehead atoms. The normalized spacial score (nSPS) is 22.3. The monoisotopic (exact) mass is 431 g/mol. The first kappa shape index (κ1) is 18.6. The van der Waals surface area contributed by atoms with E-state index in [0.29, 0.717) is 30.9 Å². The number of hydrogen-bond donors (Lipinski definition) is 1. The summed E-state index contributed by atoms with van der Waals surface area (Å²) in [7, 11) is -3.18. The third-order valence-electron chi connectivity index (χ3n) is 5.18. The minimum absolute atomic E-state index is 0.208. The summed E-state index contributed by atoms with van der Waals surface area (Å²) in [4.78, 5) is 27.6. The van der Waals surface area contributed by atoms with Crippen LogP contribution in [0.4, 0.5) is 4.79 Å². The van der Waals surface area contributed by atoms with Crippen LogP contribution in [0.5, 0.6) is 0 Å². The molecule has 1 N–H and O–H groups in total. The summed E-state index contributed by atoms with van der Waals surface area (Å²) >= 11 is 0.833. The lowest BCUT2D eigenvalue weighted by Gasteiger charge is -2.25. The molecule has 4 heterocycles. The summed E-state index contributed by atoms with van der Waals surface area (Å²) in [5.41, 5.74) is 2.43. The van der Waals surface area contributed by atoms with Gasteiger partial charge >= 0.3 is 0 Å². The highest BCUT2D eigenvalue weighted by atomic mass is 32.2. The SMILES string of the molecule is O=C1NC(=O)C(=Cc2cc3cncc(C4=CCN(S(=O)(=O)C5CC5)CC4)c3o2)S1. The van der Waals surface area contributed by atoms with E-state index in [1.54, 1.807) is 22.8 Å². The van der Waals surface area contributed by atoms with E-state index >= 15 is 0 Å².